The van der Waals surface area contributed by atoms with Crippen LogP contribution in [0.1, 0.15) is 32.9 Å². The number of aryl methyl sites for hydroxylation is 2. The van der Waals surface area contributed by atoms with Crippen molar-refractivity contribution in [3.63, 3.8) is 0 Å². The van der Waals surface area contributed by atoms with Crippen molar-refractivity contribution in [1.29, 1.82) is 0 Å². The predicted octanol–water partition coefficient (Wildman–Crippen LogP) is 3.99. The number of benzene rings is 2. The van der Waals surface area contributed by atoms with Gasteiger partial charge >= 0.3 is 5.97 Å². The molecule has 0 aliphatic carbocycles. The number of esters is 1. The van der Waals surface area contributed by atoms with Crippen LogP contribution in [0, 0.1) is 13.8 Å². The van der Waals surface area contributed by atoms with Crippen LogP contribution in [0.25, 0.3) is 5.69 Å². The molecule has 0 bridgehead atoms. The molecule has 3 aromatic rings. The molecule has 0 saturated carbocycles. The first kappa shape index (κ1) is 17.9. The van der Waals surface area contributed by atoms with E-state index in [1.807, 2.05) is 67.1 Å². The maximum absolute atomic E-state index is 12.4. The molecule has 0 fully saturated rings. The Morgan fingerprint density at radius 1 is 1.04 bits per heavy atom. The van der Waals surface area contributed by atoms with Gasteiger partial charge in [0.25, 0.3) is 0 Å². The molecule has 0 radical (unpaired) electrons. The summed E-state index contributed by atoms with van der Waals surface area (Å²) < 4.78 is 12.5. The Balaban J connectivity index is 1.67. The van der Waals surface area contributed by atoms with Gasteiger partial charge in [-0.2, -0.15) is 5.10 Å². The van der Waals surface area contributed by atoms with Gasteiger partial charge in [-0.15, -0.1) is 0 Å². The summed E-state index contributed by atoms with van der Waals surface area (Å²) in [6.45, 7) is 4.59. The SMILES string of the molecule is COCc1ccccc1C(=O)OCc1ccc(-n2nc(C)cc2C)cc1. The number of aromatic nitrogens is 2. The molecule has 134 valence electrons. The number of hydrogen-bond donors (Lipinski definition) is 0. The average molecular weight is 350 g/mol. The Morgan fingerprint density at radius 2 is 1.77 bits per heavy atom. The van der Waals surface area contributed by atoms with Crippen molar-refractivity contribution in [1.82, 2.24) is 9.78 Å². The highest BCUT2D eigenvalue weighted by Gasteiger charge is 2.12. The third kappa shape index (κ3) is 4.00. The molecule has 0 spiro atoms. The summed E-state index contributed by atoms with van der Waals surface area (Å²) in [6.07, 6.45) is 0. The summed E-state index contributed by atoms with van der Waals surface area (Å²) in [4.78, 5) is 12.4. The summed E-state index contributed by atoms with van der Waals surface area (Å²) in [5.74, 6) is -0.347. The van der Waals surface area contributed by atoms with Crippen molar-refractivity contribution in [2.24, 2.45) is 0 Å². The van der Waals surface area contributed by atoms with Gasteiger partial charge in [0, 0.05) is 12.8 Å². The van der Waals surface area contributed by atoms with Gasteiger partial charge in [0.15, 0.2) is 0 Å². The Labute approximate surface area is 153 Å². The minimum Gasteiger partial charge on any atom is -0.457 e. The molecule has 0 N–H and O–H groups in total. The van der Waals surface area contributed by atoms with E-state index < -0.39 is 0 Å². The molecule has 0 unspecified atom stereocenters. The van der Waals surface area contributed by atoms with Gasteiger partial charge in [-0.3, -0.25) is 0 Å². The van der Waals surface area contributed by atoms with E-state index in [1.54, 1.807) is 13.2 Å². The largest absolute Gasteiger partial charge is 0.457 e. The monoisotopic (exact) mass is 350 g/mol. The smallest absolute Gasteiger partial charge is 0.338 e. The highest BCUT2D eigenvalue weighted by Crippen LogP contribution is 2.15. The maximum atomic E-state index is 12.4. The van der Waals surface area contributed by atoms with E-state index in [4.69, 9.17) is 9.47 Å². The van der Waals surface area contributed by atoms with Crippen molar-refractivity contribution >= 4 is 5.97 Å². The van der Waals surface area contributed by atoms with Gasteiger partial charge in [0.2, 0.25) is 0 Å². The molecule has 0 amide bonds. The fourth-order valence-corrected chi connectivity index (χ4v) is 2.85. The lowest BCUT2D eigenvalue weighted by molar-refractivity contribution is 0.0468. The van der Waals surface area contributed by atoms with Crippen molar-refractivity contribution < 1.29 is 14.3 Å². The minimum atomic E-state index is -0.347. The van der Waals surface area contributed by atoms with Gasteiger partial charge < -0.3 is 9.47 Å². The van der Waals surface area contributed by atoms with Gasteiger partial charge in [0.1, 0.15) is 6.61 Å². The van der Waals surface area contributed by atoms with Gasteiger partial charge in [-0.05, 0) is 49.2 Å². The second-order valence-corrected chi connectivity index (χ2v) is 6.17. The third-order valence-corrected chi connectivity index (χ3v) is 4.10. The highest BCUT2D eigenvalue weighted by molar-refractivity contribution is 5.91. The molecule has 0 atom stereocenters. The minimum absolute atomic E-state index is 0.220. The number of ether oxygens (including phenoxy) is 2. The van der Waals surface area contributed by atoms with E-state index >= 15 is 0 Å². The summed E-state index contributed by atoms with van der Waals surface area (Å²) >= 11 is 0. The standard InChI is InChI=1S/C21H22N2O3/c1-15-12-16(2)23(22-15)19-10-8-17(9-11-19)13-26-21(24)20-7-5-4-6-18(20)14-25-3/h4-12H,13-14H2,1-3H3. The molecule has 5 heteroatoms. The number of rotatable bonds is 6. The maximum Gasteiger partial charge on any atom is 0.338 e. The van der Waals surface area contributed by atoms with Crippen LogP contribution in [-0.2, 0) is 22.7 Å². The van der Waals surface area contributed by atoms with Gasteiger partial charge in [0.05, 0.1) is 23.6 Å². The average Bonchev–Trinajstić information content (AvgIpc) is 2.99. The summed E-state index contributed by atoms with van der Waals surface area (Å²) in [7, 11) is 1.60. The van der Waals surface area contributed by atoms with Crippen LogP contribution >= 0.6 is 0 Å². The van der Waals surface area contributed by atoms with Crippen molar-refractivity contribution in [2.45, 2.75) is 27.1 Å². The fraction of sp³-hybridized carbons (Fsp3) is 0.238. The second-order valence-electron chi connectivity index (χ2n) is 6.17. The van der Waals surface area contributed by atoms with E-state index in [1.165, 1.54) is 0 Å². The Bertz CT molecular complexity index is 898. The summed E-state index contributed by atoms with van der Waals surface area (Å²) in [6, 6.07) is 17.2. The molecule has 0 aliphatic rings. The lowest BCUT2D eigenvalue weighted by Crippen LogP contribution is -2.09. The molecule has 1 heterocycles. The normalized spacial score (nSPS) is 10.7. The highest BCUT2D eigenvalue weighted by atomic mass is 16.5. The van der Waals surface area contributed by atoms with E-state index in [0.717, 1.165) is 28.2 Å². The number of carbonyl (C=O) groups is 1. The zero-order valence-electron chi connectivity index (χ0n) is 15.2. The zero-order chi connectivity index (χ0) is 18.5. The van der Waals surface area contributed by atoms with E-state index in [2.05, 4.69) is 5.10 Å². The predicted molar refractivity (Wildman–Crippen MR) is 99.3 cm³/mol. The molecular formula is C21H22N2O3. The van der Waals surface area contributed by atoms with Crippen LogP contribution in [0.15, 0.2) is 54.6 Å². The molecule has 5 nitrogen and oxygen atoms in total. The number of carbonyl (C=O) groups excluding carboxylic acids is 1. The van der Waals surface area contributed by atoms with E-state index in [9.17, 15) is 4.79 Å². The first-order chi connectivity index (χ1) is 12.6. The van der Waals surface area contributed by atoms with Crippen LogP contribution < -0.4 is 0 Å². The number of nitrogens with zero attached hydrogens (tertiary/aromatic N) is 2. The van der Waals surface area contributed by atoms with Crippen LogP contribution in [0.5, 0.6) is 0 Å². The first-order valence-corrected chi connectivity index (χ1v) is 8.45. The van der Waals surface area contributed by atoms with Crippen LogP contribution in [0.4, 0.5) is 0 Å². The quantitative estimate of drug-likeness (QED) is 0.631. The fourth-order valence-electron chi connectivity index (χ4n) is 2.85. The summed E-state index contributed by atoms with van der Waals surface area (Å²) in [5.41, 5.74) is 5.32. The van der Waals surface area contributed by atoms with Crippen LogP contribution in [0.3, 0.4) is 0 Å². The van der Waals surface area contributed by atoms with Gasteiger partial charge in [-0.25, -0.2) is 9.48 Å². The lowest BCUT2D eigenvalue weighted by atomic mass is 10.1. The van der Waals surface area contributed by atoms with Crippen molar-refractivity contribution in [3.8, 4) is 5.69 Å². The summed E-state index contributed by atoms with van der Waals surface area (Å²) in [5, 5.41) is 4.47. The zero-order valence-corrected chi connectivity index (χ0v) is 15.2. The third-order valence-electron chi connectivity index (χ3n) is 4.10. The van der Waals surface area contributed by atoms with Gasteiger partial charge in [-0.1, -0.05) is 30.3 Å². The molecule has 2 aromatic carbocycles. The molecule has 0 saturated heterocycles. The van der Waals surface area contributed by atoms with Crippen molar-refractivity contribution in [3.05, 3.63) is 82.7 Å². The molecular weight excluding hydrogens is 328 g/mol. The Hall–Kier alpha value is -2.92. The Morgan fingerprint density at radius 3 is 2.42 bits per heavy atom. The number of methoxy groups -OCH3 is 1. The lowest BCUT2D eigenvalue weighted by Gasteiger charge is -2.10. The van der Waals surface area contributed by atoms with E-state index in [-0.39, 0.29) is 12.6 Å². The molecule has 26 heavy (non-hydrogen) atoms. The molecule has 3 rings (SSSR count). The second kappa shape index (κ2) is 7.97. The topological polar surface area (TPSA) is 53.4 Å². The van der Waals surface area contributed by atoms with Crippen LogP contribution in [0.2, 0.25) is 0 Å². The van der Waals surface area contributed by atoms with Crippen LogP contribution in [-0.4, -0.2) is 22.9 Å². The van der Waals surface area contributed by atoms with E-state index in [0.29, 0.717) is 12.2 Å². The first-order valence-electron chi connectivity index (χ1n) is 8.45. The Kier molecular flexibility index (Phi) is 5.49. The van der Waals surface area contributed by atoms with Crippen molar-refractivity contribution in [2.75, 3.05) is 7.11 Å². The molecule has 0 aliphatic heterocycles. The number of hydrogen-bond acceptors (Lipinski definition) is 4. The molecule has 1 aromatic heterocycles.